The van der Waals surface area contributed by atoms with Crippen LogP contribution >= 0.6 is 0 Å². The van der Waals surface area contributed by atoms with Gasteiger partial charge >= 0.3 is 5.97 Å². The van der Waals surface area contributed by atoms with Gasteiger partial charge in [-0.3, -0.25) is 9.35 Å². The van der Waals surface area contributed by atoms with Crippen LogP contribution in [0.1, 0.15) is 6.42 Å². The van der Waals surface area contributed by atoms with Gasteiger partial charge in [0.05, 0.1) is 12.2 Å². The van der Waals surface area contributed by atoms with Crippen LogP contribution in [0, 0.1) is 0 Å². The van der Waals surface area contributed by atoms with Gasteiger partial charge in [0.15, 0.2) is 0 Å². The van der Waals surface area contributed by atoms with Gasteiger partial charge in [0.25, 0.3) is 10.1 Å². The monoisotopic (exact) mass is 214 g/mol. The van der Waals surface area contributed by atoms with Crippen molar-refractivity contribution in [2.24, 2.45) is 11.5 Å². The van der Waals surface area contributed by atoms with E-state index in [2.05, 4.69) is 0 Å². The van der Waals surface area contributed by atoms with Crippen molar-refractivity contribution >= 4 is 16.1 Å². The Hall–Kier alpha value is -0.700. The third-order valence-electron chi connectivity index (χ3n) is 0.734. The summed E-state index contributed by atoms with van der Waals surface area (Å²) < 4.78 is 27.3. The molecule has 0 aliphatic heterocycles. The molecule has 0 radical (unpaired) electrons. The highest BCUT2D eigenvalue weighted by molar-refractivity contribution is 7.85. The number of rotatable bonds is 4. The van der Waals surface area contributed by atoms with Gasteiger partial charge in [-0.15, -0.1) is 0 Å². The van der Waals surface area contributed by atoms with Crippen LogP contribution < -0.4 is 11.5 Å². The number of nitrogens with two attached hydrogens (primary N) is 2. The van der Waals surface area contributed by atoms with Crippen molar-refractivity contribution in [2.75, 3.05) is 18.8 Å². The van der Waals surface area contributed by atoms with Gasteiger partial charge in [0.1, 0.15) is 0 Å². The van der Waals surface area contributed by atoms with Gasteiger partial charge in [-0.1, -0.05) is 0 Å². The molecule has 0 unspecified atom stereocenters. The molecule has 0 heterocycles. The van der Waals surface area contributed by atoms with Crippen molar-refractivity contribution in [3.05, 3.63) is 0 Å². The molecule has 0 amide bonds. The quantitative estimate of drug-likeness (QED) is 0.406. The normalized spacial score (nSPS) is 10.1. The molecule has 7 nitrogen and oxygen atoms in total. The van der Waals surface area contributed by atoms with Crippen molar-refractivity contribution in [1.82, 2.24) is 0 Å². The largest absolute Gasteiger partial charge is 0.481 e. The summed E-state index contributed by atoms with van der Waals surface area (Å²) in [5, 5.41) is 7.83. The zero-order valence-corrected chi connectivity index (χ0v) is 7.83. The van der Waals surface area contributed by atoms with E-state index < -0.39 is 16.1 Å². The fraction of sp³-hybridized carbons (Fsp3) is 0.800. The molecule has 0 saturated heterocycles. The molecule has 6 N–H and O–H groups in total. The minimum absolute atomic E-state index is 0.0289. The van der Waals surface area contributed by atoms with E-state index in [1.807, 2.05) is 0 Å². The van der Waals surface area contributed by atoms with Gasteiger partial charge < -0.3 is 16.6 Å². The van der Waals surface area contributed by atoms with Crippen LogP contribution in [0.4, 0.5) is 0 Å². The highest BCUT2D eigenvalue weighted by atomic mass is 32.2. The van der Waals surface area contributed by atoms with E-state index in [-0.39, 0.29) is 25.3 Å². The summed E-state index contributed by atoms with van der Waals surface area (Å²) in [4.78, 5) is 9.52. The first-order valence-corrected chi connectivity index (χ1v) is 5.01. The predicted octanol–water partition coefficient (Wildman–Crippen LogP) is -1.75. The highest BCUT2D eigenvalue weighted by Gasteiger charge is 1.98. The molecule has 8 heteroatoms. The lowest BCUT2D eigenvalue weighted by Crippen LogP contribution is -2.13. The average molecular weight is 214 g/mol. The lowest BCUT2D eigenvalue weighted by atomic mass is 10.5. The standard InChI is InChI=1S/C3H7NO2.C2H7NO3S/c4-2-1-3(5)6;3-1-2-7(4,5)6/h1-2,4H2,(H,5,6);1-3H2,(H,4,5,6). The van der Waals surface area contributed by atoms with E-state index in [4.69, 9.17) is 21.1 Å². The van der Waals surface area contributed by atoms with Crippen molar-refractivity contribution < 1.29 is 22.9 Å². The minimum atomic E-state index is -3.80. The Labute approximate surface area is 76.5 Å². The SMILES string of the molecule is NCCC(=O)O.NCCS(=O)(=O)O. The molecular weight excluding hydrogens is 200 g/mol. The molecule has 0 aromatic rings. The van der Waals surface area contributed by atoms with E-state index in [9.17, 15) is 13.2 Å². The van der Waals surface area contributed by atoms with Crippen LogP contribution in [-0.2, 0) is 14.9 Å². The number of aliphatic carboxylic acids is 1. The summed E-state index contributed by atoms with van der Waals surface area (Å²) in [5.41, 5.74) is 9.62. The maximum absolute atomic E-state index is 9.71. The summed E-state index contributed by atoms with van der Waals surface area (Å²) in [6.07, 6.45) is 0.0694. The molecule has 13 heavy (non-hydrogen) atoms. The second kappa shape index (κ2) is 7.92. The molecule has 0 bridgehead atoms. The Kier molecular flexibility index (Phi) is 9.02. The van der Waals surface area contributed by atoms with E-state index in [0.717, 1.165) is 0 Å². The smallest absolute Gasteiger partial charge is 0.304 e. The van der Waals surface area contributed by atoms with Crippen LogP contribution in [0.3, 0.4) is 0 Å². The van der Waals surface area contributed by atoms with Gasteiger partial charge in [-0.05, 0) is 0 Å². The van der Waals surface area contributed by atoms with Crippen molar-refractivity contribution in [1.29, 1.82) is 0 Å². The molecule has 80 valence electrons. The fourth-order valence-electron chi connectivity index (χ4n) is 0.272. The lowest BCUT2D eigenvalue weighted by Gasteiger charge is -1.86. The Morgan fingerprint density at radius 1 is 1.23 bits per heavy atom. The minimum Gasteiger partial charge on any atom is -0.481 e. The first kappa shape index (κ1) is 14.8. The Morgan fingerprint density at radius 2 is 1.69 bits per heavy atom. The number of carboxylic acids is 1. The molecule has 0 saturated carbocycles. The molecule has 0 aromatic heterocycles. The van der Waals surface area contributed by atoms with Crippen LogP contribution in [-0.4, -0.2) is 42.9 Å². The maximum Gasteiger partial charge on any atom is 0.304 e. The number of hydrogen-bond donors (Lipinski definition) is 4. The zero-order chi connectivity index (χ0) is 10.9. The molecule has 0 spiro atoms. The van der Waals surface area contributed by atoms with Crippen LogP contribution in [0.5, 0.6) is 0 Å². The number of carboxylic acid groups (broad SMARTS) is 1. The summed E-state index contributed by atoms with van der Waals surface area (Å²) in [5.74, 6) is -1.19. The van der Waals surface area contributed by atoms with Crippen LogP contribution in [0.15, 0.2) is 0 Å². The summed E-state index contributed by atoms with van der Waals surface area (Å²) in [6.45, 7) is 0.203. The first-order chi connectivity index (χ1) is 5.83. The molecule has 0 aliphatic carbocycles. The summed E-state index contributed by atoms with van der Waals surface area (Å²) in [6, 6.07) is 0. The summed E-state index contributed by atoms with van der Waals surface area (Å²) in [7, 11) is -3.80. The first-order valence-electron chi connectivity index (χ1n) is 3.40. The molecule has 0 aromatic carbocycles. The van der Waals surface area contributed by atoms with Gasteiger partial charge in [0, 0.05) is 13.1 Å². The van der Waals surface area contributed by atoms with Gasteiger partial charge in [-0.25, -0.2) is 0 Å². The fourth-order valence-corrected chi connectivity index (χ4v) is 0.570. The summed E-state index contributed by atoms with van der Waals surface area (Å²) >= 11 is 0. The van der Waals surface area contributed by atoms with E-state index in [1.54, 1.807) is 0 Å². The second-order valence-corrected chi connectivity index (χ2v) is 3.58. The van der Waals surface area contributed by atoms with E-state index >= 15 is 0 Å². The third kappa shape index (κ3) is 24.6. The maximum atomic E-state index is 9.71. The Morgan fingerprint density at radius 3 is 1.69 bits per heavy atom. The molecule has 0 atom stereocenters. The predicted molar refractivity (Wildman–Crippen MR) is 46.8 cm³/mol. The zero-order valence-electron chi connectivity index (χ0n) is 7.01. The molecule has 0 aliphatic rings. The van der Waals surface area contributed by atoms with Crippen LogP contribution in [0.25, 0.3) is 0 Å². The topological polar surface area (TPSA) is 144 Å². The lowest BCUT2D eigenvalue weighted by molar-refractivity contribution is -0.136. The Bertz CT molecular complexity index is 225. The molecule has 0 rings (SSSR count). The van der Waals surface area contributed by atoms with Crippen molar-refractivity contribution in [3.8, 4) is 0 Å². The molecular formula is C5H14N2O5S. The van der Waals surface area contributed by atoms with E-state index in [1.165, 1.54) is 0 Å². The van der Waals surface area contributed by atoms with Crippen molar-refractivity contribution in [3.63, 3.8) is 0 Å². The Balaban J connectivity index is 0. The second-order valence-electron chi connectivity index (χ2n) is 2.01. The highest BCUT2D eigenvalue weighted by Crippen LogP contribution is 1.74. The van der Waals surface area contributed by atoms with E-state index in [0.29, 0.717) is 0 Å². The van der Waals surface area contributed by atoms with Gasteiger partial charge in [0.2, 0.25) is 0 Å². The third-order valence-corrected chi connectivity index (χ3v) is 1.49. The number of hydrogen-bond acceptors (Lipinski definition) is 5. The average Bonchev–Trinajstić information content (AvgIpc) is 1.84. The molecule has 0 fully saturated rings. The van der Waals surface area contributed by atoms with Crippen molar-refractivity contribution in [2.45, 2.75) is 6.42 Å². The van der Waals surface area contributed by atoms with Crippen LogP contribution in [0.2, 0.25) is 0 Å². The van der Waals surface area contributed by atoms with Gasteiger partial charge in [-0.2, -0.15) is 8.42 Å². The number of carbonyl (C=O) groups is 1.